The molecular weight excluding hydrogens is 244 g/mol. The average molecular weight is 264 g/mol. The number of nitrogens with zero attached hydrogens (tertiary/aromatic N) is 1. The Morgan fingerprint density at radius 1 is 1.10 bits per heavy atom. The number of pyridine rings is 1. The molecule has 2 aliphatic rings. The Labute approximate surface area is 120 Å². The van der Waals surface area contributed by atoms with Gasteiger partial charge in [-0.3, -0.25) is 4.98 Å². The molecule has 1 aromatic heterocycles. The van der Waals surface area contributed by atoms with Crippen LogP contribution in [0.4, 0.5) is 5.69 Å². The number of anilines is 1. The van der Waals surface area contributed by atoms with E-state index in [1.165, 1.54) is 53.8 Å². The molecule has 2 heteroatoms. The Balaban J connectivity index is 1.65. The predicted molar refractivity (Wildman–Crippen MR) is 82.3 cm³/mol. The summed E-state index contributed by atoms with van der Waals surface area (Å²) in [7, 11) is 0. The summed E-state index contributed by atoms with van der Waals surface area (Å²) < 4.78 is 0. The molecule has 0 saturated heterocycles. The van der Waals surface area contributed by atoms with E-state index in [9.17, 15) is 0 Å². The van der Waals surface area contributed by atoms with Crippen molar-refractivity contribution in [2.75, 3.05) is 11.9 Å². The van der Waals surface area contributed by atoms with Gasteiger partial charge in [-0.15, -0.1) is 0 Å². The standard InChI is InChI=1S/C18H20N2/c1-4-13-6-2-10-19-17(13)15(5-1)12-16-9-8-14-7-3-11-20-18(14)16/h1,3-5,7,11,16,19H,2,6,8-10,12H2. The first-order valence-electron chi connectivity index (χ1n) is 7.70. The highest BCUT2D eigenvalue weighted by Crippen LogP contribution is 2.36. The van der Waals surface area contributed by atoms with Crippen molar-refractivity contribution >= 4 is 5.69 Å². The summed E-state index contributed by atoms with van der Waals surface area (Å²) in [6.07, 6.45) is 7.97. The smallest absolute Gasteiger partial charge is 0.0469 e. The van der Waals surface area contributed by atoms with Crippen molar-refractivity contribution in [3.63, 3.8) is 0 Å². The lowest BCUT2D eigenvalue weighted by atomic mass is 9.92. The summed E-state index contributed by atoms with van der Waals surface area (Å²) in [6.45, 7) is 1.11. The van der Waals surface area contributed by atoms with Gasteiger partial charge in [0.05, 0.1) is 0 Å². The van der Waals surface area contributed by atoms with Gasteiger partial charge in [-0.2, -0.15) is 0 Å². The highest BCUT2D eigenvalue weighted by atomic mass is 14.9. The van der Waals surface area contributed by atoms with Gasteiger partial charge in [0.15, 0.2) is 0 Å². The third kappa shape index (κ3) is 2.00. The SMILES string of the molecule is c1cnc2c(c1)CCC2Cc1cccc2c1NCCC2. The largest absolute Gasteiger partial charge is 0.385 e. The second-order valence-electron chi connectivity index (χ2n) is 5.97. The fourth-order valence-corrected chi connectivity index (χ4v) is 3.71. The van der Waals surface area contributed by atoms with Gasteiger partial charge in [-0.1, -0.05) is 24.3 Å². The molecule has 1 unspecified atom stereocenters. The van der Waals surface area contributed by atoms with E-state index in [2.05, 4.69) is 40.6 Å². The Morgan fingerprint density at radius 2 is 2.05 bits per heavy atom. The zero-order chi connectivity index (χ0) is 13.4. The van der Waals surface area contributed by atoms with Crippen molar-refractivity contribution in [3.8, 4) is 0 Å². The number of benzene rings is 1. The van der Waals surface area contributed by atoms with Crippen molar-refractivity contribution in [2.24, 2.45) is 0 Å². The first-order chi connectivity index (χ1) is 9.92. The van der Waals surface area contributed by atoms with E-state index in [0.717, 1.165) is 13.0 Å². The summed E-state index contributed by atoms with van der Waals surface area (Å²) in [5, 5.41) is 3.61. The summed E-state index contributed by atoms with van der Waals surface area (Å²) in [6, 6.07) is 11.1. The van der Waals surface area contributed by atoms with Crippen LogP contribution >= 0.6 is 0 Å². The maximum Gasteiger partial charge on any atom is 0.0469 e. The molecule has 0 fully saturated rings. The minimum Gasteiger partial charge on any atom is -0.385 e. The van der Waals surface area contributed by atoms with Gasteiger partial charge in [0.2, 0.25) is 0 Å². The number of aromatic nitrogens is 1. The number of rotatable bonds is 2. The highest BCUT2D eigenvalue weighted by Gasteiger charge is 2.25. The molecule has 1 N–H and O–H groups in total. The van der Waals surface area contributed by atoms with E-state index in [1.807, 2.05) is 6.20 Å². The van der Waals surface area contributed by atoms with Crippen LogP contribution in [0.15, 0.2) is 36.5 Å². The highest BCUT2D eigenvalue weighted by molar-refractivity contribution is 5.59. The van der Waals surface area contributed by atoms with Crippen LogP contribution in [0.1, 0.15) is 41.1 Å². The first-order valence-corrected chi connectivity index (χ1v) is 7.70. The Morgan fingerprint density at radius 3 is 3.05 bits per heavy atom. The Bertz CT molecular complexity index is 633. The van der Waals surface area contributed by atoms with Crippen LogP contribution < -0.4 is 5.32 Å². The predicted octanol–water partition coefficient (Wildman–Crippen LogP) is 3.71. The van der Waals surface area contributed by atoms with Crippen LogP contribution in [-0.2, 0) is 19.3 Å². The zero-order valence-electron chi connectivity index (χ0n) is 11.7. The van der Waals surface area contributed by atoms with Gasteiger partial charge in [0.25, 0.3) is 0 Å². The molecule has 1 aliphatic heterocycles. The molecule has 1 aliphatic carbocycles. The molecule has 1 atom stereocenters. The summed E-state index contributed by atoms with van der Waals surface area (Å²) >= 11 is 0. The molecule has 4 rings (SSSR count). The average Bonchev–Trinajstić information content (AvgIpc) is 2.91. The molecule has 0 saturated carbocycles. The number of fused-ring (bicyclic) bond motifs is 2. The molecule has 2 heterocycles. The number of hydrogen-bond donors (Lipinski definition) is 1. The Kier molecular flexibility index (Phi) is 2.95. The van der Waals surface area contributed by atoms with Crippen LogP contribution in [0, 0.1) is 0 Å². The molecule has 0 bridgehead atoms. The monoisotopic (exact) mass is 264 g/mol. The summed E-state index contributed by atoms with van der Waals surface area (Å²) in [4.78, 5) is 4.63. The van der Waals surface area contributed by atoms with Gasteiger partial charge in [-0.25, -0.2) is 0 Å². The molecular formula is C18H20N2. The lowest BCUT2D eigenvalue weighted by Crippen LogP contribution is -2.14. The van der Waals surface area contributed by atoms with Gasteiger partial charge in [0, 0.05) is 30.0 Å². The molecule has 2 nitrogen and oxygen atoms in total. The summed E-state index contributed by atoms with van der Waals surface area (Å²) in [5.41, 5.74) is 7.16. The van der Waals surface area contributed by atoms with Crippen molar-refractivity contribution in [1.82, 2.24) is 4.98 Å². The number of hydrogen-bond acceptors (Lipinski definition) is 2. The normalized spacial score (nSPS) is 20.1. The first kappa shape index (κ1) is 12.0. The molecule has 0 amide bonds. The summed E-state index contributed by atoms with van der Waals surface area (Å²) in [5.74, 6) is 0.599. The maximum absolute atomic E-state index is 4.63. The number of nitrogens with one attached hydrogen (secondary N) is 1. The quantitative estimate of drug-likeness (QED) is 0.894. The van der Waals surface area contributed by atoms with Gasteiger partial charge in [-0.05, 0) is 54.9 Å². The van der Waals surface area contributed by atoms with E-state index in [4.69, 9.17) is 0 Å². The van der Waals surface area contributed by atoms with E-state index < -0.39 is 0 Å². The number of para-hydroxylation sites is 1. The molecule has 0 spiro atoms. The van der Waals surface area contributed by atoms with Crippen LogP contribution in [0.25, 0.3) is 0 Å². The third-order valence-corrected chi connectivity index (χ3v) is 4.70. The Hall–Kier alpha value is -1.83. The zero-order valence-corrected chi connectivity index (χ0v) is 11.7. The lowest BCUT2D eigenvalue weighted by Gasteiger charge is -2.22. The topological polar surface area (TPSA) is 24.9 Å². The van der Waals surface area contributed by atoms with Gasteiger partial charge in [0.1, 0.15) is 0 Å². The fourth-order valence-electron chi connectivity index (χ4n) is 3.71. The van der Waals surface area contributed by atoms with E-state index in [0.29, 0.717) is 5.92 Å². The second-order valence-corrected chi connectivity index (χ2v) is 5.97. The molecule has 1 aromatic carbocycles. The minimum atomic E-state index is 0.599. The number of aryl methyl sites for hydroxylation is 2. The molecule has 0 radical (unpaired) electrons. The maximum atomic E-state index is 4.63. The molecule has 102 valence electrons. The lowest BCUT2D eigenvalue weighted by molar-refractivity contribution is 0.659. The van der Waals surface area contributed by atoms with Crippen molar-refractivity contribution in [2.45, 2.75) is 38.0 Å². The minimum absolute atomic E-state index is 0.599. The van der Waals surface area contributed by atoms with Crippen molar-refractivity contribution in [1.29, 1.82) is 0 Å². The van der Waals surface area contributed by atoms with Crippen LogP contribution in [-0.4, -0.2) is 11.5 Å². The van der Waals surface area contributed by atoms with E-state index >= 15 is 0 Å². The van der Waals surface area contributed by atoms with E-state index in [-0.39, 0.29) is 0 Å². The van der Waals surface area contributed by atoms with Gasteiger partial charge < -0.3 is 5.32 Å². The van der Waals surface area contributed by atoms with E-state index in [1.54, 1.807) is 0 Å². The van der Waals surface area contributed by atoms with Crippen molar-refractivity contribution in [3.05, 3.63) is 58.9 Å². The van der Waals surface area contributed by atoms with Crippen LogP contribution in [0.3, 0.4) is 0 Å². The molecule has 2 aromatic rings. The second kappa shape index (κ2) is 4.93. The van der Waals surface area contributed by atoms with Crippen LogP contribution in [0.2, 0.25) is 0 Å². The third-order valence-electron chi connectivity index (χ3n) is 4.70. The fraction of sp³-hybridized carbons (Fsp3) is 0.389. The van der Waals surface area contributed by atoms with Crippen molar-refractivity contribution < 1.29 is 0 Å². The van der Waals surface area contributed by atoms with Gasteiger partial charge >= 0.3 is 0 Å². The van der Waals surface area contributed by atoms with Crippen LogP contribution in [0.5, 0.6) is 0 Å². The molecule has 20 heavy (non-hydrogen) atoms.